The molecule has 174 valence electrons. The normalized spacial score (nSPS) is 24.3. The first kappa shape index (κ1) is 22.6. The van der Waals surface area contributed by atoms with Crippen molar-refractivity contribution in [3.63, 3.8) is 0 Å². The molecular weight excluding hydrogens is 512 g/mol. The number of anilines is 2. The summed E-state index contributed by atoms with van der Waals surface area (Å²) in [5.41, 5.74) is 1.53. The molecule has 0 amide bonds. The third kappa shape index (κ3) is 4.36. The Bertz CT molecular complexity index is 1180. The van der Waals surface area contributed by atoms with Crippen molar-refractivity contribution in [3.8, 4) is 11.5 Å². The van der Waals surface area contributed by atoms with Crippen molar-refractivity contribution < 1.29 is 18.9 Å². The van der Waals surface area contributed by atoms with Gasteiger partial charge >= 0.3 is 0 Å². The van der Waals surface area contributed by atoms with Crippen molar-refractivity contribution in [1.29, 1.82) is 0 Å². The molecule has 5 rings (SSSR count). The van der Waals surface area contributed by atoms with E-state index in [1.165, 1.54) is 6.33 Å². The Morgan fingerprint density at radius 1 is 1.09 bits per heavy atom. The standard InChI is InChI=1S/C23H24BrClN4O4/c1-29(2)17-9-31-22-20(10-32-21(17)22)33-19-8-16-13(7-18(19)30-3)23(27-11-26-16)28-12-4-5-14(24)15(25)6-12/h4-8,11,17,20-22H,9-10H2,1-3H3,(H,26,27,28)/t17-,20-,21?,22?/m1/s1. The number of rotatable bonds is 6. The summed E-state index contributed by atoms with van der Waals surface area (Å²) in [4.78, 5) is 11.0. The Kier molecular flexibility index (Phi) is 6.32. The first-order chi connectivity index (χ1) is 15.9. The quantitative estimate of drug-likeness (QED) is 0.501. The SMILES string of the molecule is COc1cc2c(Nc3ccc(Br)c(Cl)c3)ncnc2cc1O[C@@H]1COC2C1OC[C@H]2N(C)C. The maximum atomic E-state index is 6.34. The Hall–Kier alpha value is -2.17. The summed E-state index contributed by atoms with van der Waals surface area (Å²) in [5.74, 6) is 1.81. The molecule has 2 fully saturated rings. The van der Waals surface area contributed by atoms with Crippen LogP contribution >= 0.6 is 27.5 Å². The van der Waals surface area contributed by atoms with Crippen LogP contribution in [0, 0.1) is 0 Å². The van der Waals surface area contributed by atoms with Crippen molar-refractivity contribution in [1.82, 2.24) is 14.9 Å². The molecule has 2 aliphatic rings. The minimum absolute atomic E-state index is 0.00712. The van der Waals surface area contributed by atoms with Gasteiger partial charge in [-0.05, 0) is 54.3 Å². The molecule has 10 heteroatoms. The molecule has 8 nitrogen and oxygen atoms in total. The summed E-state index contributed by atoms with van der Waals surface area (Å²) < 4.78 is 24.8. The number of ether oxygens (including phenoxy) is 4. The van der Waals surface area contributed by atoms with Gasteiger partial charge in [-0.15, -0.1) is 0 Å². The molecule has 0 aliphatic carbocycles. The van der Waals surface area contributed by atoms with Crippen LogP contribution in [0.4, 0.5) is 11.5 Å². The van der Waals surface area contributed by atoms with E-state index in [0.29, 0.717) is 35.6 Å². The molecule has 0 saturated carbocycles. The second kappa shape index (κ2) is 9.23. The Morgan fingerprint density at radius 3 is 2.67 bits per heavy atom. The lowest BCUT2D eigenvalue weighted by Crippen LogP contribution is -2.41. The Labute approximate surface area is 205 Å². The second-order valence-corrected chi connectivity index (χ2v) is 9.54. The molecule has 1 aromatic heterocycles. The number of nitrogens with zero attached hydrogens (tertiary/aromatic N) is 3. The summed E-state index contributed by atoms with van der Waals surface area (Å²) in [5, 5.41) is 4.71. The summed E-state index contributed by atoms with van der Waals surface area (Å²) >= 11 is 9.64. The van der Waals surface area contributed by atoms with Crippen LogP contribution < -0.4 is 14.8 Å². The van der Waals surface area contributed by atoms with E-state index in [4.69, 9.17) is 30.5 Å². The molecule has 0 bridgehead atoms. The summed E-state index contributed by atoms with van der Waals surface area (Å²) in [6.45, 7) is 1.08. The average Bonchev–Trinajstić information content (AvgIpc) is 3.39. The lowest BCUT2D eigenvalue weighted by molar-refractivity contribution is 0.0271. The van der Waals surface area contributed by atoms with Crippen LogP contribution in [0.5, 0.6) is 11.5 Å². The van der Waals surface area contributed by atoms with Gasteiger partial charge in [-0.3, -0.25) is 0 Å². The van der Waals surface area contributed by atoms with Gasteiger partial charge in [0.15, 0.2) is 17.6 Å². The first-order valence-corrected chi connectivity index (χ1v) is 11.7. The third-order valence-electron chi connectivity index (χ3n) is 6.03. The summed E-state index contributed by atoms with van der Waals surface area (Å²) in [6.07, 6.45) is 1.16. The number of benzene rings is 2. The van der Waals surface area contributed by atoms with Crippen molar-refractivity contribution >= 4 is 49.9 Å². The largest absolute Gasteiger partial charge is 0.493 e. The maximum Gasteiger partial charge on any atom is 0.164 e. The highest BCUT2D eigenvalue weighted by Crippen LogP contribution is 2.38. The fourth-order valence-corrected chi connectivity index (χ4v) is 4.70. The van der Waals surface area contributed by atoms with E-state index in [-0.39, 0.29) is 24.4 Å². The number of likely N-dealkylation sites (N-methyl/N-ethyl adjacent to an activating group) is 1. The summed E-state index contributed by atoms with van der Waals surface area (Å²) in [6, 6.07) is 9.57. The predicted molar refractivity (Wildman–Crippen MR) is 130 cm³/mol. The van der Waals surface area contributed by atoms with Crippen LogP contribution in [0.15, 0.2) is 41.1 Å². The highest BCUT2D eigenvalue weighted by Gasteiger charge is 2.49. The number of hydrogen-bond donors (Lipinski definition) is 1. The lowest BCUT2D eigenvalue weighted by Gasteiger charge is -2.22. The van der Waals surface area contributed by atoms with Gasteiger partial charge in [-0.2, -0.15) is 0 Å². The minimum Gasteiger partial charge on any atom is -0.493 e. The van der Waals surface area contributed by atoms with Gasteiger partial charge in [0, 0.05) is 21.6 Å². The van der Waals surface area contributed by atoms with E-state index in [9.17, 15) is 0 Å². The van der Waals surface area contributed by atoms with Gasteiger partial charge in [0.1, 0.15) is 24.4 Å². The number of fused-ring (bicyclic) bond motifs is 2. The average molecular weight is 536 g/mol. The molecule has 2 saturated heterocycles. The smallest absolute Gasteiger partial charge is 0.164 e. The second-order valence-electron chi connectivity index (χ2n) is 8.28. The number of methoxy groups -OCH3 is 1. The van der Waals surface area contributed by atoms with Crippen molar-refractivity contribution in [2.45, 2.75) is 24.4 Å². The zero-order chi connectivity index (χ0) is 23.1. The third-order valence-corrected chi connectivity index (χ3v) is 7.26. The molecule has 0 radical (unpaired) electrons. The fraction of sp³-hybridized carbons (Fsp3) is 0.391. The molecule has 2 unspecified atom stereocenters. The van der Waals surface area contributed by atoms with Gasteiger partial charge in [0.05, 0.1) is 36.9 Å². The molecule has 2 aromatic carbocycles. The van der Waals surface area contributed by atoms with Crippen molar-refractivity contribution in [2.75, 3.05) is 39.7 Å². The zero-order valence-electron chi connectivity index (χ0n) is 18.4. The zero-order valence-corrected chi connectivity index (χ0v) is 20.8. The van der Waals surface area contributed by atoms with Crippen LogP contribution in [0.3, 0.4) is 0 Å². The highest BCUT2D eigenvalue weighted by molar-refractivity contribution is 9.10. The Morgan fingerprint density at radius 2 is 1.91 bits per heavy atom. The predicted octanol–water partition coefficient (Wildman–Crippen LogP) is 4.27. The number of aromatic nitrogens is 2. The lowest BCUT2D eigenvalue weighted by atomic mass is 10.1. The van der Waals surface area contributed by atoms with E-state index in [1.807, 2.05) is 44.4 Å². The van der Waals surface area contributed by atoms with Gasteiger partial charge in [-0.25, -0.2) is 9.97 Å². The summed E-state index contributed by atoms with van der Waals surface area (Å²) in [7, 11) is 5.68. The Balaban J connectivity index is 1.42. The molecule has 33 heavy (non-hydrogen) atoms. The number of halogens is 2. The van der Waals surface area contributed by atoms with E-state index >= 15 is 0 Å². The maximum absolute atomic E-state index is 6.34. The number of nitrogens with one attached hydrogen (secondary N) is 1. The van der Waals surface area contributed by atoms with Crippen LogP contribution in [0.2, 0.25) is 5.02 Å². The van der Waals surface area contributed by atoms with E-state index in [2.05, 4.69) is 36.1 Å². The van der Waals surface area contributed by atoms with Crippen molar-refractivity contribution in [3.05, 3.63) is 46.2 Å². The van der Waals surface area contributed by atoms with E-state index < -0.39 is 0 Å². The van der Waals surface area contributed by atoms with Gasteiger partial charge in [-0.1, -0.05) is 11.6 Å². The van der Waals surface area contributed by atoms with Crippen LogP contribution in [-0.2, 0) is 9.47 Å². The number of hydrogen-bond acceptors (Lipinski definition) is 8. The molecule has 4 atom stereocenters. The first-order valence-electron chi connectivity index (χ1n) is 10.6. The van der Waals surface area contributed by atoms with Gasteiger partial charge in [0.25, 0.3) is 0 Å². The van der Waals surface area contributed by atoms with Crippen LogP contribution in [0.25, 0.3) is 10.9 Å². The van der Waals surface area contributed by atoms with E-state index in [0.717, 1.165) is 21.1 Å². The van der Waals surface area contributed by atoms with Crippen molar-refractivity contribution in [2.24, 2.45) is 0 Å². The van der Waals surface area contributed by atoms with Crippen LogP contribution in [-0.4, -0.2) is 73.6 Å². The van der Waals surface area contributed by atoms with Gasteiger partial charge in [0.2, 0.25) is 0 Å². The van der Waals surface area contributed by atoms with E-state index in [1.54, 1.807) is 7.11 Å². The minimum atomic E-state index is -0.226. The van der Waals surface area contributed by atoms with Crippen LogP contribution in [0.1, 0.15) is 0 Å². The molecule has 3 aromatic rings. The molecule has 3 heterocycles. The molecule has 1 N–H and O–H groups in total. The monoisotopic (exact) mass is 534 g/mol. The van der Waals surface area contributed by atoms with Gasteiger partial charge < -0.3 is 29.2 Å². The topological polar surface area (TPSA) is 78.0 Å². The fourth-order valence-electron chi connectivity index (χ4n) is 4.28. The highest BCUT2D eigenvalue weighted by atomic mass is 79.9. The molecular formula is C23H24BrClN4O4. The molecule has 0 spiro atoms. The molecule has 2 aliphatic heterocycles.